The summed E-state index contributed by atoms with van der Waals surface area (Å²) in [7, 11) is -3.75. The van der Waals surface area contributed by atoms with Gasteiger partial charge in [-0.3, -0.25) is 0 Å². The number of hydrogen-bond acceptors (Lipinski definition) is 3. The quantitative estimate of drug-likeness (QED) is 0.531. The molecule has 0 aliphatic carbocycles. The zero-order chi connectivity index (χ0) is 17.7. The van der Waals surface area contributed by atoms with Gasteiger partial charge in [-0.15, -0.1) is 0 Å². The summed E-state index contributed by atoms with van der Waals surface area (Å²) in [5.74, 6) is 3.18. The molecule has 1 aromatic heterocycles. The van der Waals surface area contributed by atoms with Gasteiger partial charge in [-0.25, -0.2) is 12.7 Å². The number of aryl methyl sites for hydroxylation is 1. The van der Waals surface area contributed by atoms with E-state index in [-0.39, 0.29) is 11.4 Å². The van der Waals surface area contributed by atoms with Crippen LogP contribution in [0.15, 0.2) is 82.3 Å². The van der Waals surface area contributed by atoms with Crippen LogP contribution in [0.2, 0.25) is 0 Å². The van der Waals surface area contributed by atoms with Gasteiger partial charge in [0.15, 0.2) is 5.76 Å². The van der Waals surface area contributed by atoms with Crippen LogP contribution in [0, 0.1) is 18.9 Å². The average molecular weight is 351 g/mol. The van der Waals surface area contributed by atoms with Gasteiger partial charge in [0.2, 0.25) is 0 Å². The van der Waals surface area contributed by atoms with Crippen LogP contribution in [0.3, 0.4) is 0 Å². The van der Waals surface area contributed by atoms with Crippen molar-refractivity contribution in [1.82, 2.24) is 4.31 Å². The van der Waals surface area contributed by atoms with Crippen molar-refractivity contribution < 1.29 is 12.8 Å². The third kappa shape index (κ3) is 4.11. The normalized spacial score (nSPS) is 10.8. The fourth-order valence-electron chi connectivity index (χ4n) is 2.24. The first-order chi connectivity index (χ1) is 12.1. The Hall–Kier alpha value is -2.97. The standard InChI is InChI=1S/C20H17NO3S/c1-17-9-11-20(12-10-17)25(22,23)21(14-13-19-8-5-15-24-19)16-18-6-3-2-4-7-18/h2-12,15H,16H2,1H3. The first-order valence-electron chi connectivity index (χ1n) is 7.74. The fraction of sp³-hybridized carbons (Fsp3) is 0.100. The van der Waals surface area contributed by atoms with Gasteiger partial charge < -0.3 is 4.42 Å². The van der Waals surface area contributed by atoms with E-state index >= 15 is 0 Å². The zero-order valence-electron chi connectivity index (χ0n) is 13.7. The number of hydrogen-bond donors (Lipinski definition) is 0. The van der Waals surface area contributed by atoms with Gasteiger partial charge in [0.05, 0.1) is 17.7 Å². The van der Waals surface area contributed by atoms with E-state index in [1.54, 1.807) is 36.4 Å². The van der Waals surface area contributed by atoms with Crippen molar-refractivity contribution in [2.45, 2.75) is 18.4 Å². The lowest BCUT2D eigenvalue weighted by Gasteiger charge is -2.18. The molecule has 0 N–H and O–H groups in total. The molecule has 0 amide bonds. The Morgan fingerprint density at radius 3 is 2.32 bits per heavy atom. The molecule has 0 atom stereocenters. The van der Waals surface area contributed by atoms with Crippen molar-refractivity contribution in [3.63, 3.8) is 0 Å². The van der Waals surface area contributed by atoms with E-state index in [2.05, 4.69) is 12.0 Å². The summed E-state index contributed by atoms with van der Waals surface area (Å²) in [6, 6.07) is 22.2. The minimum absolute atomic E-state index is 0.157. The Morgan fingerprint density at radius 1 is 0.960 bits per heavy atom. The first-order valence-corrected chi connectivity index (χ1v) is 9.18. The predicted octanol–water partition coefficient (Wildman–Crippen LogP) is 3.79. The molecule has 0 fully saturated rings. The minimum Gasteiger partial charge on any atom is -0.456 e. The summed E-state index contributed by atoms with van der Waals surface area (Å²) in [5.41, 5.74) is 1.85. The van der Waals surface area contributed by atoms with Crippen LogP contribution in [-0.2, 0) is 16.6 Å². The Labute approximate surface area is 147 Å². The highest BCUT2D eigenvalue weighted by molar-refractivity contribution is 7.89. The molecule has 0 spiro atoms. The Morgan fingerprint density at radius 2 is 1.68 bits per heavy atom. The summed E-state index contributed by atoms with van der Waals surface area (Å²) in [4.78, 5) is 0.211. The molecule has 5 heteroatoms. The van der Waals surface area contributed by atoms with E-state index in [9.17, 15) is 8.42 Å². The minimum atomic E-state index is -3.75. The molecule has 0 aliphatic rings. The maximum absolute atomic E-state index is 13.0. The lowest BCUT2D eigenvalue weighted by atomic mass is 10.2. The van der Waals surface area contributed by atoms with E-state index in [1.807, 2.05) is 37.3 Å². The maximum Gasteiger partial charge on any atom is 0.271 e. The third-order valence-corrected chi connectivity index (χ3v) is 5.27. The summed E-state index contributed by atoms with van der Waals surface area (Å²) in [5, 5.41) is 0. The van der Waals surface area contributed by atoms with Gasteiger partial charge in [0.25, 0.3) is 10.0 Å². The van der Waals surface area contributed by atoms with Gasteiger partial charge >= 0.3 is 0 Å². The predicted molar refractivity (Wildman–Crippen MR) is 95.9 cm³/mol. The molecule has 25 heavy (non-hydrogen) atoms. The molecule has 0 saturated carbocycles. The summed E-state index contributed by atoms with van der Waals surface area (Å²) < 4.78 is 32.3. The molecule has 0 saturated heterocycles. The largest absolute Gasteiger partial charge is 0.456 e. The topological polar surface area (TPSA) is 50.5 Å². The molecular weight excluding hydrogens is 334 g/mol. The summed E-state index contributed by atoms with van der Waals surface area (Å²) in [6.07, 6.45) is 1.50. The van der Waals surface area contributed by atoms with Crippen molar-refractivity contribution in [3.8, 4) is 12.0 Å². The van der Waals surface area contributed by atoms with E-state index in [4.69, 9.17) is 4.42 Å². The van der Waals surface area contributed by atoms with Crippen LogP contribution >= 0.6 is 0 Å². The highest BCUT2D eigenvalue weighted by Crippen LogP contribution is 2.18. The number of nitrogens with zero attached hydrogens (tertiary/aromatic N) is 1. The highest BCUT2D eigenvalue weighted by Gasteiger charge is 2.22. The average Bonchev–Trinajstić information content (AvgIpc) is 3.13. The Kier molecular flexibility index (Phi) is 4.92. The molecule has 3 aromatic rings. The van der Waals surface area contributed by atoms with Gasteiger partial charge in [0.1, 0.15) is 0 Å². The van der Waals surface area contributed by atoms with Crippen LogP contribution in [0.25, 0.3) is 0 Å². The second-order valence-electron chi connectivity index (χ2n) is 5.52. The Bertz CT molecular complexity index is 981. The molecule has 0 bridgehead atoms. The molecule has 1 heterocycles. The number of rotatable bonds is 4. The van der Waals surface area contributed by atoms with Gasteiger partial charge in [0, 0.05) is 6.04 Å². The lowest BCUT2D eigenvalue weighted by molar-refractivity contribution is 0.507. The van der Waals surface area contributed by atoms with Crippen molar-refractivity contribution in [1.29, 1.82) is 0 Å². The summed E-state index contributed by atoms with van der Waals surface area (Å²) >= 11 is 0. The van der Waals surface area contributed by atoms with Crippen molar-refractivity contribution >= 4 is 10.0 Å². The van der Waals surface area contributed by atoms with E-state index in [0.29, 0.717) is 5.76 Å². The van der Waals surface area contributed by atoms with Crippen LogP contribution in [0.1, 0.15) is 16.9 Å². The number of furan rings is 1. The van der Waals surface area contributed by atoms with Crippen molar-refractivity contribution in [2.24, 2.45) is 0 Å². The van der Waals surface area contributed by atoms with E-state index < -0.39 is 10.0 Å². The monoisotopic (exact) mass is 351 g/mol. The maximum atomic E-state index is 13.0. The van der Waals surface area contributed by atoms with Crippen molar-refractivity contribution in [3.05, 3.63) is 89.9 Å². The van der Waals surface area contributed by atoms with Gasteiger partial charge in [-0.1, -0.05) is 48.0 Å². The molecule has 0 radical (unpaired) electrons. The lowest BCUT2D eigenvalue weighted by Crippen LogP contribution is -2.26. The molecule has 0 aliphatic heterocycles. The van der Waals surface area contributed by atoms with Crippen LogP contribution in [0.4, 0.5) is 0 Å². The SMILES string of the molecule is Cc1ccc(S(=O)(=O)N(C#Cc2ccco2)Cc2ccccc2)cc1. The second kappa shape index (κ2) is 7.29. The van der Waals surface area contributed by atoms with Gasteiger partial charge in [-0.05, 0) is 42.7 Å². The molecule has 4 nitrogen and oxygen atoms in total. The second-order valence-corrected chi connectivity index (χ2v) is 7.39. The van der Waals surface area contributed by atoms with E-state index in [0.717, 1.165) is 15.4 Å². The van der Waals surface area contributed by atoms with Crippen LogP contribution < -0.4 is 0 Å². The first kappa shape index (κ1) is 16.9. The zero-order valence-corrected chi connectivity index (χ0v) is 14.5. The molecule has 126 valence electrons. The van der Waals surface area contributed by atoms with Crippen LogP contribution in [-0.4, -0.2) is 12.7 Å². The number of benzene rings is 2. The summed E-state index contributed by atoms with van der Waals surface area (Å²) in [6.45, 7) is 2.07. The molecule has 2 aromatic carbocycles. The molecule has 3 rings (SSSR count). The third-order valence-electron chi connectivity index (χ3n) is 3.60. The highest BCUT2D eigenvalue weighted by atomic mass is 32.2. The van der Waals surface area contributed by atoms with Crippen LogP contribution in [0.5, 0.6) is 0 Å². The number of sulfonamides is 1. The fourth-order valence-corrected chi connectivity index (χ4v) is 3.46. The van der Waals surface area contributed by atoms with Gasteiger partial charge in [-0.2, -0.15) is 0 Å². The Balaban J connectivity index is 1.98. The van der Waals surface area contributed by atoms with Crippen molar-refractivity contribution in [2.75, 3.05) is 0 Å². The molecule has 0 unspecified atom stereocenters. The smallest absolute Gasteiger partial charge is 0.271 e. The van der Waals surface area contributed by atoms with E-state index in [1.165, 1.54) is 6.26 Å². The molecular formula is C20H17NO3S.